The molecule has 11 heavy (non-hydrogen) atoms. The summed E-state index contributed by atoms with van der Waals surface area (Å²) in [5, 5.41) is 8.28. The zero-order chi connectivity index (χ0) is 9.28. The summed E-state index contributed by atoms with van der Waals surface area (Å²) in [6.07, 6.45) is 1.99. The highest BCUT2D eigenvalue weighted by molar-refractivity contribution is 7.30. The molecule has 4 nitrogen and oxygen atoms in total. The molecule has 0 spiro atoms. The van der Waals surface area contributed by atoms with Crippen LogP contribution < -0.4 is 0 Å². The highest BCUT2D eigenvalue weighted by Gasteiger charge is 1.96. The minimum atomic E-state index is -2.87. The summed E-state index contributed by atoms with van der Waals surface area (Å²) < 4.78 is 8.70. The maximum atomic E-state index is 8.70. The average Bonchev–Trinajstić information content (AvgIpc) is 1.90. The summed E-state index contributed by atoms with van der Waals surface area (Å²) in [6, 6.07) is 2.20. The lowest BCUT2D eigenvalue weighted by atomic mass is 10.1. The highest BCUT2D eigenvalue weighted by atomic mass is 31.1. The molecule has 0 fully saturated rings. The highest BCUT2D eigenvalue weighted by Crippen LogP contribution is 2.03. The molecule has 2 N–H and O–H groups in total. The molecule has 0 bridgehead atoms. The second kappa shape index (κ2) is 9.51. The Morgan fingerprint density at radius 2 is 1.73 bits per heavy atom. The van der Waals surface area contributed by atoms with Crippen molar-refractivity contribution in [2.75, 3.05) is 0 Å². The van der Waals surface area contributed by atoms with Crippen molar-refractivity contribution < 1.29 is 14.4 Å². The van der Waals surface area contributed by atoms with Gasteiger partial charge in [-0.3, -0.25) is 0 Å². The van der Waals surface area contributed by atoms with E-state index in [0.29, 0.717) is 5.92 Å². The smallest absolute Gasteiger partial charge is 0.198 e. The molecule has 0 aliphatic rings. The Labute approximate surface area is 67.4 Å². The fraction of sp³-hybridized carbons (Fsp3) is 0.833. The van der Waals surface area contributed by atoms with Crippen LogP contribution >= 0.6 is 8.25 Å². The van der Waals surface area contributed by atoms with Gasteiger partial charge in [0.2, 0.25) is 0 Å². The van der Waals surface area contributed by atoms with E-state index >= 15 is 0 Å². The van der Waals surface area contributed by atoms with Gasteiger partial charge in [0.25, 0.3) is 0 Å². The third kappa shape index (κ3) is 17.7. The van der Waals surface area contributed by atoms with E-state index in [1.807, 2.05) is 13.8 Å². The molecule has 0 radical (unpaired) electrons. The van der Waals surface area contributed by atoms with E-state index in [9.17, 15) is 0 Å². The lowest BCUT2D eigenvalue weighted by Gasteiger charge is -1.95. The van der Waals surface area contributed by atoms with E-state index in [1.165, 1.54) is 0 Å². The standard InChI is InChI=1S/C6H11N.HO3P/c1-3-6(4-2)5-7;1-4(2)3/h6H,3-4H2,1-2H3;(H-,1,2,3)/p+1. The van der Waals surface area contributed by atoms with Gasteiger partial charge in [-0.05, 0) is 12.8 Å². The molecule has 5 heteroatoms. The van der Waals surface area contributed by atoms with Crippen LogP contribution in [0.1, 0.15) is 26.7 Å². The van der Waals surface area contributed by atoms with Gasteiger partial charge in [0.05, 0.1) is 6.07 Å². The largest absolute Gasteiger partial charge is 0.692 e. The van der Waals surface area contributed by atoms with Crippen LogP contribution in [-0.4, -0.2) is 9.79 Å². The lowest BCUT2D eigenvalue weighted by molar-refractivity contribution is 0.405. The van der Waals surface area contributed by atoms with Gasteiger partial charge in [-0.1, -0.05) is 13.8 Å². The first-order valence-corrected chi connectivity index (χ1v) is 4.49. The number of rotatable bonds is 2. The van der Waals surface area contributed by atoms with E-state index in [1.54, 1.807) is 0 Å². The molecule has 0 unspecified atom stereocenters. The Morgan fingerprint density at radius 3 is 1.73 bits per heavy atom. The molecule has 0 aromatic rings. The summed E-state index contributed by atoms with van der Waals surface area (Å²) in [5.74, 6) is 0.292. The summed E-state index contributed by atoms with van der Waals surface area (Å²) in [7, 11) is -2.87. The second-order valence-electron chi connectivity index (χ2n) is 1.90. The average molecular weight is 178 g/mol. The molecule has 0 heterocycles. The van der Waals surface area contributed by atoms with Crippen LogP contribution in [0.3, 0.4) is 0 Å². The van der Waals surface area contributed by atoms with E-state index in [2.05, 4.69) is 6.07 Å². The first-order valence-electron chi connectivity index (χ1n) is 3.33. The van der Waals surface area contributed by atoms with Gasteiger partial charge in [0, 0.05) is 10.5 Å². The first-order chi connectivity index (χ1) is 5.08. The van der Waals surface area contributed by atoms with Crippen molar-refractivity contribution in [2.24, 2.45) is 5.92 Å². The van der Waals surface area contributed by atoms with E-state index in [-0.39, 0.29) is 0 Å². The van der Waals surface area contributed by atoms with Crippen LogP contribution in [-0.2, 0) is 4.57 Å². The van der Waals surface area contributed by atoms with Gasteiger partial charge in [0.15, 0.2) is 0 Å². The topological polar surface area (TPSA) is 81.3 Å². The van der Waals surface area contributed by atoms with Gasteiger partial charge >= 0.3 is 8.25 Å². The maximum Gasteiger partial charge on any atom is 0.692 e. The Morgan fingerprint density at radius 1 is 1.45 bits per heavy atom. The zero-order valence-electron chi connectivity index (χ0n) is 6.69. The molecule has 0 saturated carbocycles. The first kappa shape index (κ1) is 13.1. The molecule has 0 aliphatic heterocycles. The fourth-order valence-corrected chi connectivity index (χ4v) is 0.471. The van der Waals surface area contributed by atoms with Gasteiger partial charge in [-0.2, -0.15) is 5.26 Å². The number of nitriles is 1. The van der Waals surface area contributed by atoms with Crippen molar-refractivity contribution in [1.29, 1.82) is 5.26 Å². The van der Waals surface area contributed by atoms with Crippen LogP contribution in [0.2, 0.25) is 0 Å². The van der Waals surface area contributed by atoms with Gasteiger partial charge < -0.3 is 0 Å². The van der Waals surface area contributed by atoms with Crippen molar-refractivity contribution in [2.45, 2.75) is 26.7 Å². The van der Waals surface area contributed by atoms with Crippen molar-refractivity contribution in [3.8, 4) is 6.07 Å². The fourth-order valence-electron chi connectivity index (χ4n) is 0.471. The molecular weight excluding hydrogens is 165 g/mol. The van der Waals surface area contributed by atoms with Crippen LogP contribution in [0, 0.1) is 17.2 Å². The third-order valence-electron chi connectivity index (χ3n) is 1.17. The SMILES string of the molecule is CCC(C#N)CC.O=[P+](O)O. The quantitative estimate of drug-likeness (QED) is 0.629. The Bertz CT molecular complexity index is 135. The van der Waals surface area contributed by atoms with Gasteiger partial charge in [0.1, 0.15) is 0 Å². The molecule has 0 aromatic heterocycles. The predicted molar refractivity (Wildman–Crippen MR) is 41.7 cm³/mol. The minimum Gasteiger partial charge on any atom is -0.198 e. The number of hydrogen-bond acceptors (Lipinski definition) is 2. The molecule has 0 rings (SSSR count). The molecule has 0 aromatic carbocycles. The van der Waals surface area contributed by atoms with Crippen molar-refractivity contribution in [3.05, 3.63) is 0 Å². The van der Waals surface area contributed by atoms with Gasteiger partial charge in [-0.15, -0.1) is 9.79 Å². The van der Waals surface area contributed by atoms with E-state index < -0.39 is 8.25 Å². The second-order valence-corrected chi connectivity index (χ2v) is 2.40. The van der Waals surface area contributed by atoms with Crippen LogP contribution in [0.15, 0.2) is 0 Å². The number of hydrogen-bond donors (Lipinski definition) is 2. The molecule has 0 saturated heterocycles. The van der Waals surface area contributed by atoms with E-state index in [0.717, 1.165) is 12.8 Å². The summed E-state index contributed by atoms with van der Waals surface area (Å²) in [5.41, 5.74) is 0. The Kier molecular flexibility index (Phi) is 11.3. The zero-order valence-corrected chi connectivity index (χ0v) is 7.58. The molecular formula is C6H13NO3P+. The van der Waals surface area contributed by atoms with Gasteiger partial charge in [-0.25, -0.2) is 0 Å². The molecule has 0 amide bonds. The normalized spacial score (nSPS) is 8.00. The minimum absolute atomic E-state index is 0.292. The Hall–Kier alpha value is -0.490. The summed E-state index contributed by atoms with van der Waals surface area (Å²) in [6.45, 7) is 4.08. The molecule has 64 valence electrons. The van der Waals surface area contributed by atoms with Crippen molar-refractivity contribution in [1.82, 2.24) is 0 Å². The monoisotopic (exact) mass is 178 g/mol. The van der Waals surface area contributed by atoms with Crippen LogP contribution in [0.4, 0.5) is 0 Å². The number of nitrogens with zero attached hydrogens (tertiary/aromatic N) is 1. The van der Waals surface area contributed by atoms with E-state index in [4.69, 9.17) is 19.6 Å². The molecule has 0 aliphatic carbocycles. The maximum absolute atomic E-state index is 8.70. The summed E-state index contributed by atoms with van der Waals surface area (Å²) in [4.78, 5) is 14.2. The van der Waals surface area contributed by atoms with Crippen LogP contribution in [0.25, 0.3) is 0 Å². The van der Waals surface area contributed by atoms with Crippen molar-refractivity contribution in [3.63, 3.8) is 0 Å². The Balaban J connectivity index is 0. The predicted octanol–water partition coefficient (Wildman–Crippen LogP) is 1.57. The molecule has 0 atom stereocenters. The lowest BCUT2D eigenvalue weighted by Crippen LogP contribution is -1.88. The van der Waals surface area contributed by atoms with Crippen LogP contribution in [0.5, 0.6) is 0 Å². The third-order valence-corrected chi connectivity index (χ3v) is 1.17. The summed E-state index contributed by atoms with van der Waals surface area (Å²) >= 11 is 0. The van der Waals surface area contributed by atoms with Crippen molar-refractivity contribution >= 4 is 8.25 Å².